The molecule has 2 N–H and O–H groups in total. The topological polar surface area (TPSA) is 74.6 Å². The normalized spacial score (nSPS) is 13.9. The molecule has 0 spiro atoms. The maximum absolute atomic E-state index is 11.5. The molecular weight excluding hydrogens is 220 g/mol. The average molecular weight is 241 g/mol. The smallest absolute Gasteiger partial charge is 0.204 e. The highest BCUT2D eigenvalue weighted by Crippen LogP contribution is 2.12. The molecule has 0 aromatic carbocycles. The zero-order chi connectivity index (χ0) is 13.3. The molecule has 0 aromatic rings. The van der Waals surface area contributed by atoms with Gasteiger partial charge in [0.25, 0.3) is 0 Å². The third-order valence-electron chi connectivity index (χ3n) is 2.46. The molecule has 17 heavy (non-hydrogen) atoms. The van der Waals surface area contributed by atoms with Crippen molar-refractivity contribution in [3.63, 3.8) is 0 Å². The Morgan fingerprint density at radius 3 is 2.53 bits per heavy atom. The van der Waals surface area contributed by atoms with Crippen LogP contribution in [0.4, 0.5) is 0 Å². The van der Waals surface area contributed by atoms with Crippen LogP contribution in [0.2, 0.25) is 0 Å². The Hall–Kier alpha value is -1.00. The zero-order valence-corrected chi connectivity index (χ0v) is 10.5. The van der Waals surface area contributed by atoms with Crippen molar-refractivity contribution < 1.29 is 19.8 Å². The third-order valence-corrected chi connectivity index (χ3v) is 2.46. The second-order valence-corrected chi connectivity index (χ2v) is 4.37. The minimum atomic E-state index is -0.982. The van der Waals surface area contributed by atoms with E-state index in [1.165, 1.54) is 0 Å². The number of aliphatic hydroxyl groups excluding tert-OH is 2. The third kappa shape index (κ3) is 7.82. The largest absolute Gasteiger partial charge is 0.396 e. The molecule has 0 fully saturated rings. The Labute approximate surface area is 102 Å². The summed E-state index contributed by atoms with van der Waals surface area (Å²) in [7, 11) is 0. The summed E-state index contributed by atoms with van der Waals surface area (Å²) in [6.45, 7) is 3.71. The fraction of sp³-hybridized carbons (Fsp3) is 0.692. The van der Waals surface area contributed by atoms with E-state index in [0.29, 0.717) is 12.8 Å². The van der Waals surface area contributed by atoms with Gasteiger partial charge in [0.05, 0.1) is 12.0 Å². The Morgan fingerprint density at radius 1 is 1.41 bits per heavy atom. The second-order valence-electron chi connectivity index (χ2n) is 4.37. The molecule has 0 aliphatic carbocycles. The van der Waals surface area contributed by atoms with Crippen molar-refractivity contribution in [2.45, 2.75) is 45.6 Å². The van der Waals surface area contributed by atoms with Crippen LogP contribution < -0.4 is 0 Å². The fourth-order valence-electron chi connectivity index (χ4n) is 1.46. The Bertz CT molecular complexity index is 267. The van der Waals surface area contributed by atoms with Crippen molar-refractivity contribution in [2.75, 3.05) is 6.61 Å². The first-order chi connectivity index (χ1) is 8.01. The van der Waals surface area contributed by atoms with E-state index >= 15 is 0 Å². The molecule has 0 heterocycles. The van der Waals surface area contributed by atoms with Gasteiger partial charge >= 0.3 is 0 Å². The number of aliphatic hydroxyl groups is 2. The first kappa shape index (κ1) is 16.0. The first-order valence-electron chi connectivity index (χ1n) is 5.83. The van der Waals surface area contributed by atoms with Crippen LogP contribution in [0, 0.1) is 5.92 Å². The van der Waals surface area contributed by atoms with Gasteiger partial charge in [-0.3, -0.25) is 9.59 Å². The lowest BCUT2D eigenvalue weighted by atomic mass is 9.94. The van der Waals surface area contributed by atoms with Gasteiger partial charge in [-0.1, -0.05) is 11.6 Å². The Balaban J connectivity index is 4.06. The molecule has 1 radical (unpaired) electrons. The van der Waals surface area contributed by atoms with Crippen molar-refractivity contribution in [2.24, 2.45) is 5.92 Å². The van der Waals surface area contributed by atoms with Crippen LogP contribution in [-0.4, -0.2) is 35.0 Å². The molecule has 0 aliphatic rings. The van der Waals surface area contributed by atoms with Gasteiger partial charge < -0.3 is 10.2 Å². The minimum absolute atomic E-state index is 0.00126. The molecule has 0 saturated carbocycles. The molecule has 0 bridgehead atoms. The van der Waals surface area contributed by atoms with Crippen molar-refractivity contribution in [1.29, 1.82) is 0 Å². The Morgan fingerprint density at radius 2 is 2.06 bits per heavy atom. The first-order valence-corrected chi connectivity index (χ1v) is 5.83. The van der Waals surface area contributed by atoms with E-state index < -0.39 is 12.0 Å². The number of allylic oxidation sites excluding steroid dienone is 2. The molecule has 0 rings (SSSR count). The van der Waals surface area contributed by atoms with Gasteiger partial charge in [-0.15, -0.1) is 0 Å². The van der Waals surface area contributed by atoms with Gasteiger partial charge in [0, 0.05) is 19.4 Å². The van der Waals surface area contributed by atoms with Crippen LogP contribution in [-0.2, 0) is 9.59 Å². The van der Waals surface area contributed by atoms with Gasteiger partial charge in [-0.25, -0.2) is 0 Å². The van der Waals surface area contributed by atoms with Crippen LogP contribution in [0.5, 0.6) is 0 Å². The predicted molar refractivity (Wildman–Crippen MR) is 65.2 cm³/mol. The molecule has 97 valence electrons. The molecule has 2 atom stereocenters. The van der Waals surface area contributed by atoms with E-state index in [0.717, 1.165) is 5.57 Å². The van der Waals surface area contributed by atoms with E-state index in [4.69, 9.17) is 5.11 Å². The van der Waals surface area contributed by atoms with Gasteiger partial charge in [0.1, 0.15) is 5.78 Å². The van der Waals surface area contributed by atoms with E-state index in [-0.39, 0.29) is 25.2 Å². The quantitative estimate of drug-likeness (QED) is 0.594. The summed E-state index contributed by atoms with van der Waals surface area (Å²) in [6, 6.07) is 0. The standard InChI is InChI=1S/C13H21O4/c1-10(2)4-3-5-12(16)8-11(9-15)13(17)6-7-14/h4,11,13-14,17H,3,5-8H2,1-2H3. The van der Waals surface area contributed by atoms with Gasteiger partial charge in [-0.2, -0.15) is 0 Å². The summed E-state index contributed by atoms with van der Waals surface area (Å²) in [5, 5.41) is 18.1. The number of carbonyl (C=O) groups is 1. The predicted octanol–water partition coefficient (Wildman–Crippen LogP) is 1.16. The monoisotopic (exact) mass is 241 g/mol. The summed E-state index contributed by atoms with van der Waals surface area (Å²) >= 11 is 0. The van der Waals surface area contributed by atoms with Crippen molar-refractivity contribution >= 4 is 12.1 Å². The van der Waals surface area contributed by atoms with Crippen LogP contribution in [0.3, 0.4) is 0 Å². The summed E-state index contributed by atoms with van der Waals surface area (Å²) in [5.74, 6) is -0.880. The number of hydrogen-bond acceptors (Lipinski definition) is 4. The molecule has 0 aliphatic heterocycles. The highest BCUT2D eigenvalue weighted by Gasteiger charge is 2.21. The number of ketones is 1. The van der Waals surface area contributed by atoms with Gasteiger partial charge in [0.2, 0.25) is 6.29 Å². The molecule has 0 aromatic heterocycles. The molecule has 0 amide bonds. The van der Waals surface area contributed by atoms with E-state index in [2.05, 4.69) is 0 Å². The zero-order valence-electron chi connectivity index (χ0n) is 10.5. The van der Waals surface area contributed by atoms with E-state index in [1.807, 2.05) is 19.9 Å². The van der Waals surface area contributed by atoms with Gasteiger partial charge in [-0.05, 0) is 26.7 Å². The molecule has 0 saturated heterocycles. The van der Waals surface area contributed by atoms with Crippen LogP contribution in [0.25, 0.3) is 0 Å². The average Bonchev–Trinajstić information content (AvgIpc) is 2.25. The molecule has 4 nitrogen and oxygen atoms in total. The molecule has 4 heteroatoms. The summed E-state index contributed by atoms with van der Waals surface area (Å²) in [4.78, 5) is 22.1. The van der Waals surface area contributed by atoms with Crippen molar-refractivity contribution in [1.82, 2.24) is 0 Å². The summed E-state index contributed by atoms with van der Waals surface area (Å²) in [5.41, 5.74) is 1.15. The summed E-state index contributed by atoms with van der Waals surface area (Å²) in [6.07, 6.45) is 3.77. The lowest BCUT2D eigenvalue weighted by Gasteiger charge is -2.14. The lowest BCUT2D eigenvalue weighted by Crippen LogP contribution is -2.25. The maximum atomic E-state index is 11.5. The van der Waals surface area contributed by atoms with Gasteiger partial charge in [0.15, 0.2) is 0 Å². The number of hydrogen-bond donors (Lipinski definition) is 2. The molecule has 2 unspecified atom stereocenters. The maximum Gasteiger partial charge on any atom is 0.204 e. The number of rotatable bonds is 9. The Kier molecular flexibility index (Phi) is 8.54. The highest BCUT2D eigenvalue weighted by atomic mass is 16.3. The van der Waals surface area contributed by atoms with Crippen molar-refractivity contribution in [3.05, 3.63) is 11.6 Å². The van der Waals surface area contributed by atoms with Crippen LogP contribution >= 0.6 is 0 Å². The molecular formula is C13H21O4. The minimum Gasteiger partial charge on any atom is -0.396 e. The van der Waals surface area contributed by atoms with Crippen LogP contribution in [0.1, 0.15) is 39.5 Å². The van der Waals surface area contributed by atoms with Crippen LogP contribution in [0.15, 0.2) is 11.6 Å². The number of Topliss-reactive ketones (excluding diaryl/α,β-unsaturated/α-hetero) is 1. The number of carbonyl (C=O) groups excluding carboxylic acids is 2. The second kappa shape index (κ2) is 9.07. The SMILES string of the molecule is CC(C)=CCCC(=O)CC([C]=O)C(O)CCO. The summed E-state index contributed by atoms with van der Waals surface area (Å²) < 4.78 is 0. The lowest BCUT2D eigenvalue weighted by molar-refractivity contribution is -0.120. The highest BCUT2D eigenvalue weighted by molar-refractivity contribution is 5.81. The fourth-order valence-corrected chi connectivity index (χ4v) is 1.46. The van der Waals surface area contributed by atoms with E-state index in [1.54, 1.807) is 6.29 Å². The van der Waals surface area contributed by atoms with Crippen molar-refractivity contribution in [3.8, 4) is 0 Å². The van der Waals surface area contributed by atoms with E-state index in [9.17, 15) is 14.7 Å².